The first-order valence-corrected chi connectivity index (χ1v) is 9.14. The fourth-order valence-corrected chi connectivity index (χ4v) is 5.81. The van der Waals surface area contributed by atoms with Gasteiger partial charge in [0.05, 0.1) is 0 Å². The van der Waals surface area contributed by atoms with Gasteiger partial charge in [-0.3, -0.25) is 0 Å². The molecule has 0 heterocycles. The Bertz CT molecular complexity index is 603. The first-order chi connectivity index (χ1) is 11.6. The minimum absolute atomic E-state index is 0.184. The lowest BCUT2D eigenvalue weighted by Gasteiger charge is -2.57. The number of ether oxygens (including phenoxy) is 1. The predicted molar refractivity (Wildman–Crippen MR) is 89.8 cm³/mol. The summed E-state index contributed by atoms with van der Waals surface area (Å²) in [4.78, 5) is 0. The Kier molecular flexibility index (Phi) is 4.24. The molecule has 5 rings (SSSR count). The monoisotopic (exact) mass is 330 g/mol. The molecule has 0 spiro atoms. The molecule has 0 radical (unpaired) electrons. The van der Waals surface area contributed by atoms with Gasteiger partial charge in [0.2, 0.25) is 0 Å². The maximum absolute atomic E-state index is 12.1. The number of halogens is 2. The summed E-state index contributed by atoms with van der Waals surface area (Å²) in [6.45, 7) is -2.78. The molecule has 1 aromatic carbocycles. The smallest absolute Gasteiger partial charge is 0.387 e. The molecule has 4 aliphatic carbocycles. The van der Waals surface area contributed by atoms with E-state index in [1.165, 1.54) is 44.9 Å². The molecule has 1 aromatic rings. The lowest BCUT2D eigenvalue weighted by molar-refractivity contribution is -0.0563. The maximum Gasteiger partial charge on any atom is 0.387 e. The van der Waals surface area contributed by atoms with Crippen molar-refractivity contribution < 1.29 is 13.5 Å². The zero-order valence-corrected chi connectivity index (χ0v) is 13.9. The van der Waals surface area contributed by atoms with Gasteiger partial charge < -0.3 is 4.74 Å². The van der Waals surface area contributed by atoms with E-state index in [1.807, 2.05) is 0 Å². The molecule has 0 saturated heterocycles. The van der Waals surface area contributed by atoms with Crippen molar-refractivity contribution in [3.8, 4) is 17.6 Å². The lowest BCUT2D eigenvalue weighted by atomic mass is 9.48. The highest BCUT2D eigenvalue weighted by Crippen LogP contribution is 2.61. The molecule has 0 aromatic heterocycles. The highest BCUT2D eigenvalue weighted by Gasteiger charge is 2.50. The average Bonchev–Trinajstić information content (AvgIpc) is 2.51. The van der Waals surface area contributed by atoms with Gasteiger partial charge in [-0.25, -0.2) is 0 Å². The standard InChI is InChI=1S/C21H24F2O/c22-20(23)24-19-6-4-15(5-7-19)3-1-2-8-21-12-16-9-17(13-21)11-18(10-16)14-21/h4-7,16-18,20H,2,8-14H2. The van der Waals surface area contributed by atoms with Crippen molar-refractivity contribution in [1.29, 1.82) is 0 Å². The normalized spacial score (nSPS) is 33.4. The van der Waals surface area contributed by atoms with Gasteiger partial charge in [0.25, 0.3) is 0 Å². The van der Waals surface area contributed by atoms with Gasteiger partial charge in [-0.2, -0.15) is 8.78 Å². The van der Waals surface area contributed by atoms with Crippen molar-refractivity contribution in [1.82, 2.24) is 0 Å². The Balaban J connectivity index is 1.32. The molecule has 4 bridgehead atoms. The summed E-state index contributed by atoms with van der Waals surface area (Å²) in [5.74, 6) is 9.62. The molecule has 24 heavy (non-hydrogen) atoms. The molecule has 0 amide bonds. The molecule has 0 atom stereocenters. The molecule has 4 fully saturated rings. The highest BCUT2D eigenvalue weighted by molar-refractivity contribution is 5.38. The van der Waals surface area contributed by atoms with Gasteiger partial charge in [0.1, 0.15) is 5.75 Å². The second-order valence-corrected chi connectivity index (χ2v) is 8.12. The van der Waals surface area contributed by atoms with Crippen molar-refractivity contribution in [3.05, 3.63) is 29.8 Å². The molecule has 4 saturated carbocycles. The van der Waals surface area contributed by atoms with Gasteiger partial charge in [-0.05, 0) is 92.4 Å². The molecule has 1 nitrogen and oxygen atoms in total. The fourth-order valence-electron chi connectivity index (χ4n) is 5.81. The molecule has 3 heteroatoms. The summed E-state index contributed by atoms with van der Waals surface area (Å²) in [5.41, 5.74) is 1.44. The lowest BCUT2D eigenvalue weighted by Crippen LogP contribution is -2.45. The van der Waals surface area contributed by atoms with E-state index in [9.17, 15) is 8.78 Å². The Morgan fingerprint density at radius 1 is 1.00 bits per heavy atom. The van der Waals surface area contributed by atoms with Crippen LogP contribution in [0.2, 0.25) is 0 Å². The summed E-state index contributed by atoms with van der Waals surface area (Å²) in [7, 11) is 0. The summed E-state index contributed by atoms with van der Waals surface area (Å²) < 4.78 is 28.6. The minimum atomic E-state index is -2.78. The predicted octanol–water partition coefficient (Wildman–Crippen LogP) is 5.64. The number of hydrogen-bond donors (Lipinski definition) is 0. The van der Waals surface area contributed by atoms with Crippen LogP contribution in [-0.2, 0) is 0 Å². The fraction of sp³-hybridized carbons (Fsp3) is 0.619. The van der Waals surface area contributed by atoms with E-state index < -0.39 is 6.61 Å². The van der Waals surface area contributed by atoms with Gasteiger partial charge in [-0.1, -0.05) is 11.8 Å². The van der Waals surface area contributed by atoms with E-state index in [-0.39, 0.29) is 5.75 Å². The number of alkyl halides is 2. The van der Waals surface area contributed by atoms with Crippen LogP contribution < -0.4 is 4.74 Å². The van der Waals surface area contributed by atoms with Crippen LogP contribution in [0.15, 0.2) is 24.3 Å². The molecule has 0 unspecified atom stereocenters. The average molecular weight is 330 g/mol. The Labute approximate surface area is 142 Å². The van der Waals surface area contributed by atoms with Crippen LogP contribution in [0.1, 0.15) is 56.9 Å². The molecule has 128 valence electrons. The van der Waals surface area contributed by atoms with Crippen molar-refractivity contribution in [3.63, 3.8) is 0 Å². The zero-order valence-electron chi connectivity index (χ0n) is 13.9. The van der Waals surface area contributed by atoms with Crippen molar-refractivity contribution in [2.75, 3.05) is 0 Å². The van der Waals surface area contributed by atoms with Crippen LogP contribution in [0.5, 0.6) is 5.75 Å². The van der Waals surface area contributed by atoms with Crippen LogP contribution >= 0.6 is 0 Å². The van der Waals surface area contributed by atoms with Crippen LogP contribution in [0.4, 0.5) is 8.78 Å². The quantitative estimate of drug-likeness (QED) is 0.650. The third-order valence-corrected chi connectivity index (χ3v) is 6.26. The van der Waals surface area contributed by atoms with Gasteiger partial charge in [-0.15, -0.1) is 0 Å². The van der Waals surface area contributed by atoms with E-state index in [0.717, 1.165) is 29.7 Å². The molecule has 0 N–H and O–H groups in total. The van der Waals surface area contributed by atoms with Crippen LogP contribution in [-0.4, -0.2) is 6.61 Å². The van der Waals surface area contributed by atoms with Gasteiger partial charge in [0.15, 0.2) is 0 Å². The molecular formula is C21H24F2O. The Morgan fingerprint density at radius 3 is 2.12 bits per heavy atom. The van der Waals surface area contributed by atoms with Gasteiger partial charge >= 0.3 is 6.61 Å². The summed E-state index contributed by atoms with van der Waals surface area (Å²) in [5, 5.41) is 0. The summed E-state index contributed by atoms with van der Waals surface area (Å²) in [6, 6.07) is 6.59. The molecule has 0 aliphatic heterocycles. The summed E-state index contributed by atoms with van der Waals surface area (Å²) in [6.07, 6.45) is 10.9. The number of hydrogen-bond acceptors (Lipinski definition) is 1. The van der Waals surface area contributed by atoms with E-state index in [2.05, 4.69) is 16.6 Å². The maximum atomic E-state index is 12.1. The third-order valence-electron chi connectivity index (χ3n) is 6.26. The Morgan fingerprint density at radius 2 is 1.58 bits per heavy atom. The largest absolute Gasteiger partial charge is 0.435 e. The van der Waals surface area contributed by atoms with Crippen molar-refractivity contribution in [2.24, 2.45) is 23.2 Å². The first-order valence-electron chi connectivity index (χ1n) is 9.14. The Hall–Kier alpha value is -1.56. The van der Waals surface area contributed by atoms with E-state index >= 15 is 0 Å². The van der Waals surface area contributed by atoms with E-state index in [4.69, 9.17) is 0 Å². The topological polar surface area (TPSA) is 9.23 Å². The van der Waals surface area contributed by atoms with Crippen molar-refractivity contribution >= 4 is 0 Å². The molecular weight excluding hydrogens is 306 g/mol. The number of benzene rings is 1. The van der Waals surface area contributed by atoms with E-state index in [0.29, 0.717) is 5.41 Å². The second kappa shape index (κ2) is 6.39. The first kappa shape index (κ1) is 15.9. The second-order valence-electron chi connectivity index (χ2n) is 8.12. The van der Waals surface area contributed by atoms with Crippen molar-refractivity contribution in [2.45, 2.75) is 58.0 Å². The third kappa shape index (κ3) is 3.43. The molecule has 4 aliphatic rings. The summed E-state index contributed by atoms with van der Waals surface area (Å²) >= 11 is 0. The van der Waals surface area contributed by atoms with Crippen LogP contribution in [0, 0.1) is 35.0 Å². The van der Waals surface area contributed by atoms with Crippen LogP contribution in [0.3, 0.4) is 0 Å². The zero-order chi connectivity index (χ0) is 16.6. The minimum Gasteiger partial charge on any atom is -0.435 e. The van der Waals surface area contributed by atoms with Gasteiger partial charge in [0, 0.05) is 12.0 Å². The highest BCUT2D eigenvalue weighted by atomic mass is 19.3. The van der Waals surface area contributed by atoms with Crippen LogP contribution in [0.25, 0.3) is 0 Å². The SMILES string of the molecule is FC(F)Oc1ccc(C#CCCC23CC4CC(CC(C4)C2)C3)cc1. The van der Waals surface area contributed by atoms with E-state index in [1.54, 1.807) is 24.3 Å². The number of rotatable bonds is 4.